The van der Waals surface area contributed by atoms with Gasteiger partial charge in [0.15, 0.2) is 34.9 Å². The fourth-order valence-corrected chi connectivity index (χ4v) is 13.4. The Kier molecular flexibility index (Phi) is 26.4. The van der Waals surface area contributed by atoms with Crippen molar-refractivity contribution in [2.24, 2.45) is 47.5 Å². The van der Waals surface area contributed by atoms with Gasteiger partial charge in [0, 0.05) is 87.7 Å². The Morgan fingerprint density at radius 3 is 1.01 bits per heavy atom. The number of Topliss-reactive ketones (excluding diaryl/α,β-unsaturated/α-hetero) is 4. The maximum atomic E-state index is 17.4. The molecule has 0 saturated heterocycles. The average Bonchev–Trinajstić information content (AvgIpc) is 0.728. The predicted octanol–water partition coefficient (Wildman–Crippen LogP) is 20.7. The molecule has 2 unspecified atom stereocenters. The minimum Gasteiger partial charge on any atom is -0.336 e. The number of benzene rings is 8. The van der Waals surface area contributed by atoms with Crippen LogP contribution in [0.15, 0.2) is 215 Å². The van der Waals surface area contributed by atoms with Crippen molar-refractivity contribution in [2.75, 3.05) is 43.0 Å². The minimum atomic E-state index is -1.72. The summed E-state index contributed by atoms with van der Waals surface area (Å²) < 4.78 is 0. The molecule has 0 aliphatic carbocycles. The highest BCUT2D eigenvalue weighted by Gasteiger charge is 2.59. The van der Waals surface area contributed by atoms with Crippen LogP contribution in [0.5, 0.6) is 0 Å². The third-order valence-electron chi connectivity index (χ3n) is 16.9. The molecule has 0 aromatic heterocycles. The Balaban J connectivity index is 1.34. The minimum absolute atomic E-state index is 0.0407. The summed E-state index contributed by atoms with van der Waals surface area (Å²) in [5.41, 5.74) is 10.7. The number of carbonyl (C=O) groups excluding carboxylic acids is 4. The Morgan fingerprint density at radius 1 is 0.366 bits per heavy atom. The molecule has 0 aliphatic heterocycles. The van der Waals surface area contributed by atoms with Crippen molar-refractivity contribution in [3.8, 4) is 24.7 Å². The van der Waals surface area contributed by atoms with Gasteiger partial charge >= 0.3 is 0 Å². The molecule has 2 atom stereocenters. The lowest BCUT2D eigenvalue weighted by Gasteiger charge is -2.55. The van der Waals surface area contributed by atoms with E-state index in [9.17, 15) is 0 Å². The van der Waals surface area contributed by atoms with E-state index in [0.29, 0.717) is 86.8 Å². The van der Waals surface area contributed by atoms with Crippen LogP contribution in [0.1, 0.15) is 105 Å². The van der Waals surface area contributed by atoms with Gasteiger partial charge in [-0.15, -0.1) is 12.8 Å². The lowest BCUT2D eigenvalue weighted by atomic mass is 9.47. The van der Waals surface area contributed by atoms with Crippen molar-refractivity contribution < 1.29 is 19.2 Å². The smallest absolute Gasteiger partial charge is 0.206 e. The second-order valence-corrected chi connectivity index (χ2v) is 29.5. The summed E-state index contributed by atoms with van der Waals surface area (Å²) in [7, 11) is 0. The van der Waals surface area contributed by atoms with Crippen molar-refractivity contribution in [1.29, 1.82) is 0 Å². The Bertz CT molecular complexity index is 4470. The monoisotopic (exact) mass is 1470 g/mol. The average molecular weight is 1470 g/mol. The molecule has 520 valence electrons. The molecule has 8 aromatic rings. The van der Waals surface area contributed by atoms with E-state index in [4.69, 9.17) is 92.7 Å². The standard InChI is InChI=1S/C79H78Cl6N12O4/c1-11-51-20-32-59(33-21-51)87-73(96-92-61-34-22-52(12-2)23-35-61)69(100)77(8,9)50-79(13-3,70(101)74(89-66-19-15-17-58(85)45-66)97-93-64-42-30-56(83)31-43-64)78(10,48-75(4,5)46-67(98)71(86-60-36-24-53(80)25-37-60)94-90-62-38-26-54(81)27-39-62)49-76(6,7)47-68(99)72(88-65-18-14-16-57(84)44-65)95-91-63-40-28-55(82)29-41-63/h1-2,14-45,90-93H,13,46-50H2,3-10H3,(H,86,94)(H,87,96)(H,88,95)(H,89,97). The molecule has 16 nitrogen and oxygen atoms in total. The summed E-state index contributed by atoms with van der Waals surface area (Å²) in [4.78, 5) is 64.6. The molecule has 0 spiro atoms. The molecule has 0 amide bonds. The first-order valence-corrected chi connectivity index (χ1v) is 34.5. The van der Waals surface area contributed by atoms with Crippen molar-refractivity contribution in [3.05, 3.63) is 235 Å². The Labute approximate surface area is 620 Å². The van der Waals surface area contributed by atoms with Gasteiger partial charge < -0.3 is 21.3 Å². The highest BCUT2D eigenvalue weighted by atomic mass is 35.5. The van der Waals surface area contributed by atoms with Gasteiger partial charge in [0.1, 0.15) is 0 Å². The van der Waals surface area contributed by atoms with Crippen LogP contribution in [0.4, 0.5) is 45.5 Å². The van der Waals surface area contributed by atoms with Gasteiger partial charge in [-0.05, 0) is 224 Å². The number of hydrazone groups is 4. The Hall–Kier alpha value is -9.62. The normalized spacial score (nSPS) is 13.4. The zero-order valence-electron chi connectivity index (χ0n) is 57.1. The zero-order chi connectivity index (χ0) is 73.1. The summed E-state index contributed by atoms with van der Waals surface area (Å²) >= 11 is 38.5. The molecule has 0 saturated carbocycles. The number of amidine groups is 4. The first-order chi connectivity index (χ1) is 48.0. The van der Waals surface area contributed by atoms with E-state index in [1.807, 2.05) is 41.5 Å². The van der Waals surface area contributed by atoms with Crippen LogP contribution in [0.25, 0.3) is 0 Å². The van der Waals surface area contributed by atoms with E-state index in [1.165, 1.54) is 0 Å². The molecular formula is C79H78Cl6N12O4. The molecule has 0 bridgehead atoms. The van der Waals surface area contributed by atoms with Crippen molar-refractivity contribution in [3.63, 3.8) is 0 Å². The second-order valence-electron chi connectivity index (χ2n) is 26.9. The number of nitrogens with zero attached hydrogens (tertiary/aromatic N) is 4. The van der Waals surface area contributed by atoms with Gasteiger partial charge in [0.25, 0.3) is 0 Å². The number of hydrogen-bond acceptors (Lipinski definition) is 12. The van der Waals surface area contributed by atoms with E-state index in [1.54, 1.807) is 208 Å². The number of ketones is 4. The summed E-state index contributed by atoms with van der Waals surface area (Å²) in [5, 5.41) is 34.8. The van der Waals surface area contributed by atoms with Gasteiger partial charge in [-0.3, -0.25) is 40.9 Å². The molecule has 0 aliphatic rings. The van der Waals surface area contributed by atoms with E-state index in [2.05, 4.69) is 65.0 Å². The van der Waals surface area contributed by atoms with Gasteiger partial charge in [0.2, 0.25) is 11.6 Å². The molecule has 0 fully saturated rings. The highest BCUT2D eigenvalue weighted by molar-refractivity contribution is 6.47. The van der Waals surface area contributed by atoms with Crippen LogP contribution in [0.2, 0.25) is 30.1 Å². The number of nitrogens with one attached hydrogen (secondary N) is 8. The summed E-state index contributed by atoms with van der Waals surface area (Å²) in [6, 6.07) is 54.9. The summed E-state index contributed by atoms with van der Waals surface area (Å²) in [6.07, 6.45) is 11.2. The van der Waals surface area contributed by atoms with Gasteiger partial charge in [-0.2, -0.15) is 20.4 Å². The number of hydrogen-bond donors (Lipinski definition) is 8. The molecule has 22 heteroatoms. The molecule has 101 heavy (non-hydrogen) atoms. The van der Waals surface area contributed by atoms with Crippen LogP contribution in [-0.4, -0.2) is 46.5 Å². The maximum Gasteiger partial charge on any atom is 0.206 e. The number of carbonyl (C=O) groups is 4. The van der Waals surface area contributed by atoms with Crippen LogP contribution < -0.4 is 43.0 Å². The molecule has 8 N–H and O–H groups in total. The number of halogens is 6. The predicted molar refractivity (Wildman–Crippen MR) is 421 cm³/mol. The highest BCUT2D eigenvalue weighted by Crippen LogP contribution is 2.60. The van der Waals surface area contributed by atoms with Crippen LogP contribution in [-0.2, 0) is 19.2 Å². The zero-order valence-corrected chi connectivity index (χ0v) is 61.6. The third-order valence-corrected chi connectivity index (χ3v) is 18.4. The topological polar surface area (TPSA) is 214 Å². The summed E-state index contributed by atoms with van der Waals surface area (Å²) in [5.74, 6) is 3.02. The molecule has 0 radical (unpaired) electrons. The quantitative estimate of drug-likeness (QED) is 0.00914. The SMILES string of the molecule is C#Cc1ccc(NN=C(Nc2ccc(C#C)cc2)C(=O)C(C)(C)CC(CC)(C(=O)C(=NNc2ccc(Cl)cc2)Nc2cccc(Cl)c2)C(C)(CC(C)(C)CC(=O)C(=NNc2ccc(Cl)cc2)Nc2ccc(Cl)cc2)CC(C)(C)CC(=O)C(=NNc2ccc(Cl)cc2)Nc2cccc(Cl)c2)cc1. The second kappa shape index (κ2) is 34.6. The fraction of sp³-hybridized carbons (Fsp3) is 0.241. The van der Waals surface area contributed by atoms with Gasteiger partial charge in [-0.1, -0.05) is 149 Å². The Morgan fingerprint density at radius 2 is 0.663 bits per heavy atom. The third kappa shape index (κ3) is 22.2. The van der Waals surface area contributed by atoms with Crippen molar-refractivity contribution in [2.45, 2.75) is 93.9 Å². The fourth-order valence-electron chi connectivity index (χ4n) is 12.5. The largest absolute Gasteiger partial charge is 0.336 e. The van der Waals surface area contributed by atoms with Crippen molar-refractivity contribution in [1.82, 2.24) is 0 Å². The van der Waals surface area contributed by atoms with E-state index in [0.717, 1.165) is 0 Å². The number of terminal acetylenes is 2. The molecule has 8 rings (SSSR count). The van der Waals surface area contributed by atoms with Crippen LogP contribution >= 0.6 is 69.6 Å². The first-order valence-electron chi connectivity index (χ1n) is 32.2. The first kappa shape index (κ1) is 77.1. The number of anilines is 8. The van der Waals surface area contributed by atoms with Crippen LogP contribution in [0, 0.1) is 51.8 Å². The molecule has 8 aromatic carbocycles. The maximum absolute atomic E-state index is 17.4. The van der Waals surface area contributed by atoms with Gasteiger partial charge in [-0.25, -0.2) is 0 Å². The van der Waals surface area contributed by atoms with E-state index in [-0.39, 0.29) is 61.9 Å². The van der Waals surface area contributed by atoms with Crippen LogP contribution in [0.3, 0.4) is 0 Å². The van der Waals surface area contributed by atoms with Gasteiger partial charge in [0.05, 0.1) is 22.7 Å². The van der Waals surface area contributed by atoms with E-state index < -0.39 is 50.2 Å². The number of rotatable bonds is 30. The van der Waals surface area contributed by atoms with E-state index >= 15 is 19.2 Å². The molecule has 0 heterocycles. The molecular weight excluding hydrogens is 1390 g/mol. The summed E-state index contributed by atoms with van der Waals surface area (Å²) in [6.45, 7) is 15.2. The van der Waals surface area contributed by atoms with Crippen molar-refractivity contribution >= 4 is 162 Å². The lowest BCUT2D eigenvalue weighted by molar-refractivity contribution is -0.142. The lowest BCUT2D eigenvalue weighted by Crippen LogP contribution is -2.56.